The molecular formula is C10H17NO4. The molecule has 0 amide bonds. The molecule has 1 rings (SSSR count). The van der Waals surface area contributed by atoms with E-state index in [-0.39, 0.29) is 12.4 Å². The van der Waals surface area contributed by atoms with Crippen molar-refractivity contribution in [2.45, 2.75) is 31.7 Å². The molecule has 15 heavy (non-hydrogen) atoms. The Bertz CT molecular complexity index is 236. The molecule has 1 fully saturated rings. The van der Waals surface area contributed by atoms with Crippen LogP contribution in [0.25, 0.3) is 0 Å². The first kappa shape index (κ1) is 12.0. The molecule has 1 N–H and O–H groups in total. The zero-order valence-electron chi connectivity index (χ0n) is 8.94. The molecule has 0 aliphatic carbocycles. The van der Waals surface area contributed by atoms with Crippen molar-refractivity contribution in [3.63, 3.8) is 0 Å². The zero-order valence-corrected chi connectivity index (χ0v) is 8.94. The number of carbonyl (C=O) groups is 2. The van der Waals surface area contributed by atoms with Crippen molar-refractivity contribution < 1.29 is 19.4 Å². The number of methoxy groups -OCH3 is 1. The predicted octanol–water partition coefficient (Wildman–Crippen LogP) is 0.489. The van der Waals surface area contributed by atoms with Crippen molar-refractivity contribution in [2.75, 3.05) is 20.2 Å². The van der Waals surface area contributed by atoms with E-state index in [2.05, 4.69) is 4.74 Å². The van der Waals surface area contributed by atoms with E-state index in [1.165, 1.54) is 7.11 Å². The number of aliphatic carboxylic acids is 1. The number of nitrogens with zero attached hydrogens (tertiary/aromatic N) is 1. The minimum atomic E-state index is -0.846. The second-order valence-electron chi connectivity index (χ2n) is 3.71. The average Bonchev–Trinajstić information content (AvgIpc) is 2.70. The number of ether oxygens (including phenoxy) is 1. The van der Waals surface area contributed by atoms with E-state index in [9.17, 15) is 9.59 Å². The first-order chi connectivity index (χ1) is 7.15. The molecule has 1 unspecified atom stereocenters. The smallest absolute Gasteiger partial charge is 0.320 e. The topological polar surface area (TPSA) is 66.8 Å². The fraction of sp³-hybridized carbons (Fsp3) is 0.800. The highest BCUT2D eigenvalue weighted by molar-refractivity contribution is 5.75. The minimum Gasteiger partial charge on any atom is -0.480 e. The quantitative estimate of drug-likeness (QED) is 0.676. The van der Waals surface area contributed by atoms with Gasteiger partial charge in [0.05, 0.1) is 7.11 Å². The Morgan fingerprint density at radius 2 is 2.00 bits per heavy atom. The second-order valence-corrected chi connectivity index (χ2v) is 3.71. The molecule has 1 aliphatic rings. The van der Waals surface area contributed by atoms with Crippen LogP contribution in [0, 0.1) is 0 Å². The van der Waals surface area contributed by atoms with Crippen LogP contribution in [0.1, 0.15) is 25.7 Å². The summed E-state index contributed by atoms with van der Waals surface area (Å²) in [6.07, 6.45) is 2.59. The number of carboxylic acids is 1. The third-order valence-corrected chi connectivity index (χ3v) is 2.72. The highest BCUT2D eigenvalue weighted by atomic mass is 16.5. The number of carbonyl (C=O) groups excluding carboxylic acids is 1. The summed E-state index contributed by atoms with van der Waals surface area (Å²) in [6, 6.07) is -0.536. The molecule has 1 aliphatic heterocycles. The number of rotatable bonds is 5. The number of esters is 1. The molecule has 0 saturated carbocycles. The van der Waals surface area contributed by atoms with Crippen molar-refractivity contribution in [1.82, 2.24) is 4.90 Å². The van der Waals surface area contributed by atoms with Crippen LogP contribution >= 0.6 is 0 Å². The van der Waals surface area contributed by atoms with Crippen LogP contribution in [-0.2, 0) is 14.3 Å². The van der Waals surface area contributed by atoms with Crippen molar-refractivity contribution in [3.05, 3.63) is 0 Å². The zero-order chi connectivity index (χ0) is 11.3. The Morgan fingerprint density at radius 3 is 2.47 bits per heavy atom. The lowest BCUT2D eigenvalue weighted by atomic mass is 10.1. The van der Waals surface area contributed by atoms with E-state index in [4.69, 9.17) is 5.11 Å². The van der Waals surface area contributed by atoms with Gasteiger partial charge in [-0.25, -0.2) is 0 Å². The molecule has 1 saturated heterocycles. The molecule has 5 heteroatoms. The Hall–Kier alpha value is -1.10. The monoisotopic (exact) mass is 215 g/mol. The fourth-order valence-electron chi connectivity index (χ4n) is 1.87. The largest absolute Gasteiger partial charge is 0.480 e. The third-order valence-electron chi connectivity index (χ3n) is 2.72. The summed E-state index contributed by atoms with van der Waals surface area (Å²) in [5.41, 5.74) is 0. The molecule has 0 aromatic rings. The summed E-state index contributed by atoms with van der Waals surface area (Å²) in [5, 5.41) is 9.03. The Labute approximate surface area is 89.0 Å². The van der Waals surface area contributed by atoms with E-state index in [1.54, 1.807) is 0 Å². The lowest BCUT2D eigenvalue weighted by molar-refractivity contribution is -0.144. The Morgan fingerprint density at radius 1 is 1.40 bits per heavy atom. The molecule has 0 spiro atoms. The third kappa shape index (κ3) is 3.51. The highest BCUT2D eigenvalue weighted by Gasteiger charge is 2.28. The van der Waals surface area contributed by atoms with Gasteiger partial charge in [0.1, 0.15) is 6.04 Å². The normalized spacial score (nSPS) is 18.7. The molecule has 5 nitrogen and oxygen atoms in total. The fourth-order valence-corrected chi connectivity index (χ4v) is 1.87. The summed E-state index contributed by atoms with van der Waals surface area (Å²) in [6.45, 7) is 1.64. The average molecular weight is 215 g/mol. The lowest BCUT2D eigenvalue weighted by Gasteiger charge is -2.22. The summed E-state index contributed by atoms with van der Waals surface area (Å²) >= 11 is 0. The molecule has 86 valence electrons. The van der Waals surface area contributed by atoms with E-state index >= 15 is 0 Å². The Kier molecular flexibility index (Phi) is 4.55. The molecule has 0 radical (unpaired) electrons. The minimum absolute atomic E-state index is 0.171. The number of hydrogen-bond donors (Lipinski definition) is 1. The summed E-state index contributed by atoms with van der Waals surface area (Å²) in [5.74, 6) is -1.19. The molecule has 1 atom stereocenters. The second kappa shape index (κ2) is 5.70. The van der Waals surface area contributed by atoms with E-state index in [0.29, 0.717) is 6.42 Å². The number of likely N-dealkylation sites (tertiary alicyclic amines) is 1. The van der Waals surface area contributed by atoms with Gasteiger partial charge in [0.2, 0.25) is 0 Å². The van der Waals surface area contributed by atoms with Crippen LogP contribution < -0.4 is 0 Å². The van der Waals surface area contributed by atoms with Crippen LogP contribution in [-0.4, -0.2) is 48.2 Å². The van der Waals surface area contributed by atoms with Crippen LogP contribution in [0.4, 0.5) is 0 Å². The van der Waals surface area contributed by atoms with Crippen LogP contribution in [0.2, 0.25) is 0 Å². The first-order valence-electron chi connectivity index (χ1n) is 5.19. The van der Waals surface area contributed by atoms with Gasteiger partial charge in [-0.2, -0.15) is 0 Å². The standard InChI is InChI=1S/C10H17NO4/c1-15-9(12)5-4-8(10(13)14)11-6-2-3-7-11/h8H,2-7H2,1H3,(H,13,14). The molecular weight excluding hydrogens is 198 g/mol. The van der Waals surface area contributed by atoms with Gasteiger partial charge >= 0.3 is 11.9 Å². The van der Waals surface area contributed by atoms with Crippen molar-refractivity contribution in [1.29, 1.82) is 0 Å². The Balaban J connectivity index is 2.43. The van der Waals surface area contributed by atoms with Gasteiger partial charge in [0.25, 0.3) is 0 Å². The van der Waals surface area contributed by atoms with Gasteiger partial charge < -0.3 is 9.84 Å². The summed E-state index contributed by atoms with van der Waals surface area (Å²) in [4.78, 5) is 23.8. The molecule has 0 aromatic heterocycles. The number of carboxylic acid groups (broad SMARTS) is 1. The van der Waals surface area contributed by atoms with Gasteiger partial charge in [0.15, 0.2) is 0 Å². The van der Waals surface area contributed by atoms with Gasteiger partial charge in [-0.3, -0.25) is 14.5 Å². The predicted molar refractivity (Wildman–Crippen MR) is 53.5 cm³/mol. The van der Waals surface area contributed by atoms with E-state index < -0.39 is 12.0 Å². The summed E-state index contributed by atoms with van der Waals surface area (Å²) < 4.78 is 4.49. The van der Waals surface area contributed by atoms with Gasteiger partial charge in [0, 0.05) is 6.42 Å². The maximum atomic E-state index is 11.0. The van der Waals surface area contributed by atoms with Crippen molar-refractivity contribution in [3.8, 4) is 0 Å². The lowest BCUT2D eigenvalue weighted by Crippen LogP contribution is -2.39. The maximum Gasteiger partial charge on any atom is 0.320 e. The van der Waals surface area contributed by atoms with Gasteiger partial charge in [-0.15, -0.1) is 0 Å². The van der Waals surface area contributed by atoms with Crippen molar-refractivity contribution in [2.24, 2.45) is 0 Å². The SMILES string of the molecule is COC(=O)CCC(C(=O)O)N1CCCC1. The van der Waals surface area contributed by atoms with Gasteiger partial charge in [-0.05, 0) is 32.4 Å². The van der Waals surface area contributed by atoms with Crippen molar-refractivity contribution >= 4 is 11.9 Å². The first-order valence-corrected chi connectivity index (χ1v) is 5.19. The molecule has 0 aromatic carbocycles. The van der Waals surface area contributed by atoms with Crippen LogP contribution in [0.15, 0.2) is 0 Å². The number of hydrogen-bond acceptors (Lipinski definition) is 4. The van der Waals surface area contributed by atoms with E-state index in [0.717, 1.165) is 25.9 Å². The van der Waals surface area contributed by atoms with Gasteiger partial charge in [-0.1, -0.05) is 0 Å². The summed E-state index contributed by atoms with van der Waals surface area (Å²) in [7, 11) is 1.31. The van der Waals surface area contributed by atoms with E-state index in [1.807, 2.05) is 4.90 Å². The van der Waals surface area contributed by atoms with Crippen LogP contribution in [0.5, 0.6) is 0 Å². The molecule has 0 bridgehead atoms. The van der Waals surface area contributed by atoms with Crippen LogP contribution in [0.3, 0.4) is 0 Å². The highest BCUT2D eigenvalue weighted by Crippen LogP contribution is 2.15. The maximum absolute atomic E-state index is 11.0. The molecule has 1 heterocycles.